The molecule has 0 bridgehead atoms. The molecule has 0 amide bonds. The average molecular weight is 341 g/mol. The van der Waals surface area contributed by atoms with Crippen molar-refractivity contribution in [3.8, 4) is 0 Å². The van der Waals surface area contributed by atoms with Gasteiger partial charge in [0.25, 0.3) is 0 Å². The molecule has 0 aliphatic rings. The number of nitrogens with one attached hydrogen (secondary N) is 1. The lowest BCUT2D eigenvalue weighted by atomic mass is 10.0. The van der Waals surface area contributed by atoms with Gasteiger partial charge >= 0.3 is 12.1 Å². The molecule has 1 aromatic carbocycles. The van der Waals surface area contributed by atoms with Crippen LogP contribution < -0.4 is 5.43 Å². The van der Waals surface area contributed by atoms with E-state index >= 15 is 0 Å². The summed E-state index contributed by atoms with van der Waals surface area (Å²) in [7, 11) is 0. The molecule has 0 fully saturated rings. The molecule has 1 heterocycles. The number of aryl methyl sites for hydroxylation is 1. The topological polar surface area (TPSA) is 59.2 Å². The van der Waals surface area contributed by atoms with Gasteiger partial charge in [0.1, 0.15) is 5.56 Å². The van der Waals surface area contributed by atoms with Crippen LogP contribution in [0, 0.1) is 0 Å². The Morgan fingerprint density at radius 2 is 1.96 bits per heavy atom. The number of para-hydroxylation sites is 1. The number of halogens is 3. The molecule has 130 valence electrons. The highest BCUT2D eigenvalue weighted by Crippen LogP contribution is 2.33. The van der Waals surface area contributed by atoms with Crippen LogP contribution in [0.4, 0.5) is 13.2 Å². The SMILES string of the molecule is CCCCc1[nH]c2c(C(F)(F)F)cccc2c(=O)c1C(=O)OCC. The minimum Gasteiger partial charge on any atom is -0.462 e. The van der Waals surface area contributed by atoms with E-state index in [9.17, 15) is 22.8 Å². The average Bonchev–Trinajstić information content (AvgIpc) is 2.51. The Kier molecular flexibility index (Phi) is 5.31. The van der Waals surface area contributed by atoms with Crippen LogP contribution in [0.1, 0.15) is 48.3 Å². The lowest BCUT2D eigenvalue weighted by Crippen LogP contribution is -2.23. The lowest BCUT2D eigenvalue weighted by molar-refractivity contribution is -0.136. The Balaban J connectivity index is 2.80. The van der Waals surface area contributed by atoms with Gasteiger partial charge < -0.3 is 9.72 Å². The predicted molar refractivity (Wildman–Crippen MR) is 84.1 cm³/mol. The minimum absolute atomic E-state index is 0.0755. The number of ether oxygens (including phenoxy) is 1. The molecular weight excluding hydrogens is 323 g/mol. The molecule has 0 atom stereocenters. The first kappa shape index (κ1) is 18.0. The number of carbonyl (C=O) groups excluding carboxylic acids is 1. The van der Waals surface area contributed by atoms with Gasteiger partial charge in [-0.05, 0) is 31.9 Å². The number of aromatic amines is 1. The van der Waals surface area contributed by atoms with Crippen LogP contribution in [0.2, 0.25) is 0 Å². The monoisotopic (exact) mass is 341 g/mol. The summed E-state index contributed by atoms with van der Waals surface area (Å²) in [6.07, 6.45) is -2.91. The van der Waals surface area contributed by atoms with E-state index in [1.807, 2.05) is 6.92 Å². The van der Waals surface area contributed by atoms with Crippen molar-refractivity contribution in [2.45, 2.75) is 39.3 Å². The molecule has 2 aromatic rings. The molecule has 4 nitrogen and oxygen atoms in total. The van der Waals surface area contributed by atoms with E-state index in [-0.39, 0.29) is 28.8 Å². The summed E-state index contributed by atoms with van der Waals surface area (Å²) in [5.41, 5.74) is -1.99. The first-order valence-electron chi connectivity index (χ1n) is 7.73. The minimum atomic E-state index is -4.60. The van der Waals surface area contributed by atoms with Gasteiger partial charge in [0.05, 0.1) is 17.7 Å². The van der Waals surface area contributed by atoms with Crippen LogP contribution in [-0.2, 0) is 17.3 Å². The summed E-state index contributed by atoms with van der Waals surface area (Å²) in [5, 5.41) is -0.173. The zero-order valence-electron chi connectivity index (χ0n) is 13.4. The van der Waals surface area contributed by atoms with Crippen molar-refractivity contribution in [3.63, 3.8) is 0 Å². The Morgan fingerprint density at radius 1 is 1.25 bits per heavy atom. The highest BCUT2D eigenvalue weighted by molar-refractivity contribution is 5.95. The maximum atomic E-state index is 13.2. The fourth-order valence-electron chi connectivity index (χ4n) is 2.56. The Bertz CT molecular complexity index is 809. The van der Waals surface area contributed by atoms with E-state index in [0.29, 0.717) is 12.8 Å². The summed E-state index contributed by atoms with van der Waals surface area (Å²) < 4.78 is 44.5. The number of benzene rings is 1. The fourth-order valence-corrected chi connectivity index (χ4v) is 2.56. The largest absolute Gasteiger partial charge is 0.462 e. The van der Waals surface area contributed by atoms with E-state index in [2.05, 4.69) is 4.98 Å². The summed E-state index contributed by atoms with van der Waals surface area (Å²) >= 11 is 0. The number of aromatic nitrogens is 1. The van der Waals surface area contributed by atoms with Crippen molar-refractivity contribution in [2.24, 2.45) is 0 Å². The van der Waals surface area contributed by atoms with Crippen molar-refractivity contribution >= 4 is 16.9 Å². The number of pyridine rings is 1. The molecule has 0 unspecified atom stereocenters. The number of rotatable bonds is 5. The number of fused-ring (bicyclic) bond motifs is 1. The summed E-state index contributed by atoms with van der Waals surface area (Å²) in [6.45, 7) is 3.58. The first-order chi connectivity index (χ1) is 11.3. The molecule has 0 aliphatic carbocycles. The van der Waals surface area contributed by atoms with Crippen LogP contribution in [0.15, 0.2) is 23.0 Å². The second-order valence-electron chi connectivity index (χ2n) is 5.36. The third-order valence-corrected chi connectivity index (χ3v) is 3.68. The zero-order valence-corrected chi connectivity index (χ0v) is 13.4. The fraction of sp³-hybridized carbons (Fsp3) is 0.412. The third-order valence-electron chi connectivity index (χ3n) is 3.68. The van der Waals surface area contributed by atoms with Gasteiger partial charge in [0.15, 0.2) is 0 Å². The molecule has 0 radical (unpaired) electrons. The Hall–Kier alpha value is -2.31. The van der Waals surface area contributed by atoms with Crippen LogP contribution >= 0.6 is 0 Å². The van der Waals surface area contributed by atoms with Gasteiger partial charge in [-0.25, -0.2) is 4.79 Å². The van der Waals surface area contributed by atoms with Crippen molar-refractivity contribution in [3.05, 3.63) is 45.2 Å². The van der Waals surface area contributed by atoms with Gasteiger partial charge in [0, 0.05) is 11.1 Å². The lowest BCUT2D eigenvalue weighted by Gasteiger charge is -2.14. The highest BCUT2D eigenvalue weighted by Gasteiger charge is 2.34. The number of H-pyrrole nitrogens is 1. The van der Waals surface area contributed by atoms with Crippen molar-refractivity contribution in [1.29, 1.82) is 0 Å². The molecule has 7 heteroatoms. The summed E-state index contributed by atoms with van der Waals surface area (Å²) in [6, 6.07) is 3.34. The van der Waals surface area contributed by atoms with E-state index in [0.717, 1.165) is 18.6 Å². The number of hydrogen-bond donors (Lipinski definition) is 1. The highest BCUT2D eigenvalue weighted by atomic mass is 19.4. The number of esters is 1. The van der Waals surface area contributed by atoms with Crippen molar-refractivity contribution < 1.29 is 22.7 Å². The molecule has 0 saturated heterocycles. The Labute approximate surface area is 136 Å². The summed E-state index contributed by atoms with van der Waals surface area (Å²) in [4.78, 5) is 27.4. The zero-order chi connectivity index (χ0) is 17.9. The number of alkyl halides is 3. The molecular formula is C17H18F3NO3. The predicted octanol–water partition coefficient (Wildman–Crippen LogP) is 4.07. The molecule has 1 aromatic heterocycles. The van der Waals surface area contributed by atoms with Gasteiger partial charge in [-0.1, -0.05) is 19.4 Å². The van der Waals surface area contributed by atoms with Crippen LogP contribution in [0.3, 0.4) is 0 Å². The van der Waals surface area contributed by atoms with Crippen LogP contribution in [-0.4, -0.2) is 17.6 Å². The quantitative estimate of drug-likeness (QED) is 0.834. The van der Waals surface area contributed by atoms with E-state index in [4.69, 9.17) is 4.74 Å². The standard InChI is InChI=1S/C17H18F3NO3/c1-3-5-9-12-13(16(23)24-4-2)15(22)10-7-6-8-11(14(10)21-12)17(18,19)20/h6-8H,3-5,9H2,1-2H3,(H,21,22). The second kappa shape index (κ2) is 7.07. The Morgan fingerprint density at radius 3 is 2.54 bits per heavy atom. The van der Waals surface area contributed by atoms with E-state index < -0.39 is 23.1 Å². The van der Waals surface area contributed by atoms with Gasteiger partial charge in [0.2, 0.25) is 5.43 Å². The molecule has 0 saturated carbocycles. The molecule has 0 aliphatic heterocycles. The number of carbonyl (C=O) groups is 1. The van der Waals surface area contributed by atoms with Crippen molar-refractivity contribution in [1.82, 2.24) is 4.98 Å². The van der Waals surface area contributed by atoms with Gasteiger partial charge in [-0.2, -0.15) is 13.2 Å². The second-order valence-corrected chi connectivity index (χ2v) is 5.36. The summed E-state index contributed by atoms with van der Waals surface area (Å²) in [5.74, 6) is -0.816. The molecule has 2 rings (SSSR count). The van der Waals surface area contributed by atoms with Crippen LogP contribution in [0.25, 0.3) is 10.9 Å². The number of hydrogen-bond acceptors (Lipinski definition) is 3. The van der Waals surface area contributed by atoms with Crippen molar-refractivity contribution in [2.75, 3.05) is 6.61 Å². The maximum Gasteiger partial charge on any atom is 0.418 e. The normalized spacial score (nSPS) is 11.7. The molecule has 24 heavy (non-hydrogen) atoms. The van der Waals surface area contributed by atoms with E-state index in [1.165, 1.54) is 6.07 Å². The molecule has 1 N–H and O–H groups in total. The maximum absolute atomic E-state index is 13.2. The smallest absolute Gasteiger partial charge is 0.418 e. The molecule has 0 spiro atoms. The van der Waals surface area contributed by atoms with E-state index in [1.54, 1.807) is 6.92 Å². The van der Waals surface area contributed by atoms with Gasteiger partial charge in [-0.3, -0.25) is 4.79 Å². The number of unbranched alkanes of at least 4 members (excludes halogenated alkanes) is 1. The first-order valence-corrected chi connectivity index (χ1v) is 7.73. The van der Waals surface area contributed by atoms with Crippen LogP contribution in [0.5, 0.6) is 0 Å². The third kappa shape index (κ3) is 3.44. The van der Waals surface area contributed by atoms with Gasteiger partial charge in [-0.15, -0.1) is 0 Å².